The first-order valence-corrected chi connectivity index (χ1v) is 13.4. The summed E-state index contributed by atoms with van der Waals surface area (Å²) >= 11 is 0. The van der Waals surface area contributed by atoms with E-state index in [1.165, 1.54) is 0 Å². The van der Waals surface area contributed by atoms with Gasteiger partial charge in [0.25, 0.3) is 0 Å². The van der Waals surface area contributed by atoms with Crippen molar-refractivity contribution in [1.82, 2.24) is 28.7 Å². The summed E-state index contributed by atoms with van der Waals surface area (Å²) in [5, 5.41) is 4.34. The lowest BCUT2D eigenvalue weighted by atomic mass is 10.1. The van der Waals surface area contributed by atoms with Crippen molar-refractivity contribution in [3.8, 4) is 34.1 Å². The van der Waals surface area contributed by atoms with Gasteiger partial charge in [0, 0.05) is 30.7 Å². The molecule has 196 valence electrons. The second-order valence-electron chi connectivity index (χ2n) is 9.99. The number of pyridine rings is 1. The van der Waals surface area contributed by atoms with E-state index in [2.05, 4.69) is 69.5 Å². The van der Waals surface area contributed by atoms with Gasteiger partial charge in [-0.25, -0.2) is 14.6 Å². The molecular formula is C34H24N6O. The number of rotatable bonds is 5. The molecule has 0 unspecified atom stereocenters. The van der Waals surface area contributed by atoms with E-state index >= 15 is 0 Å². The van der Waals surface area contributed by atoms with Gasteiger partial charge in [-0.3, -0.25) is 8.97 Å². The molecule has 4 aromatic heterocycles. The summed E-state index contributed by atoms with van der Waals surface area (Å²) in [5.41, 5.74) is 8.30. The summed E-state index contributed by atoms with van der Waals surface area (Å²) in [7, 11) is 0. The predicted octanol–water partition coefficient (Wildman–Crippen LogP) is 7.78. The molecule has 4 aromatic carbocycles. The molecule has 7 heteroatoms. The highest BCUT2D eigenvalue weighted by Gasteiger charge is 2.20. The second-order valence-corrected chi connectivity index (χ2v) is 9.99. The molecule has 0 amide bonds. The van der Waals surface area contributed by atoms with Gasteiger partial charge < -0.3 is 4.74 Å². The Kier molecular flexibility index (Phi) is 5.21. The Morgan fingerprint density at radius 3 is 2.41 bits per heavy atom. The Labute approximate surface area is 235 Å². The molecular weight excluding hydrogens is 508 g/mol. The van der Waals surface area contributed by atoms with Gasteiger partial charge in [0.05, 0.1) is 27.8 Å². The molecule has 4 heterocycles. The van der Waals surface area contributed by atoms with E-state index in [0.717, 1.165) is 67.5 Å². The van der Waals surface area contributed by atoms with Crippen molar-refractivity contribution in [3.63, 3.8) is 0 Å². The molecule has 0 atom stereocenters. The normalized spacial score (nSPS) is 11.5. The molecule has 0 saturated carbocycles. The summed E-state index contributed by atoms with van der Waals surface area (Å²) in [4.78, 5) is 9.93. The van der Waals surface area contributed by atoms with E-state index in [1.807, 2.05) is 77.7 Å². The zero-order chi connectivity index (χ0) is 27.3. The number of hydrogen-bond donors (Lipinski definition) is 0. The molecule has 0 aliphatic carbocycles. The van der Waals surface area contributed by atoms with Crippen molar-refractivity contribution in [3.05, 3.63) is 133 Å². The van der Waals surface area contributed by atoms with Crippen LogP contribution < -0.4 is 4.74 Å². The number of nitrogens with zero attached hydrogens (tertiary/aromatic N) is 6. The maximum atomic E-state index is 6.38. The molecule has 0 spiro atoms. The number of imidazole rings is 2. The smallest absolute Gasteiger partial charge is 0.221 e. The SMILES string of the molecule is Cc1cccc2c1nc1n(-c3cc(-c4ccccc4)ccn3)c3cc(Oc4cccc(-n5cccn5)c4)ccc3n21. The molecule has 0 fully saturated rings. The van der Waals surface area contributed by atoms with Crippen molar-refractivity contribution >= 4 is 27.8 Å². The largest absolute Gasteiger partial charge is 0.457 e. The van der Waals surface area contributed by atoms with Crippen molar-refractivity contribution in [2.45, 2.75) is 6.92 Å². The summed E-state index contributed by atoms with van der Waals surface area (Å²) in [6.45, 7) is 2.10. The molecule has 0 saturated heterocycles. The Morgan fingerprint density at radius 2 is 1.54 bits per heavy atom. The molecule has 7 nitrogen and oxygen atoms in total. The van der Waals surface area contributed by atoms with E-state index in [9.17, 15) is 0 Å². The standard InChI is InChI=1S/C34H24N6O/c1-23-8-5-13-30-33(23)37-34-39(30)29-15-14-28(41-27-12-6-11-26(21-27)38-19-7-17-36-38)22-31(29)40(34)32-20-25(16-18-35-32)24-9-3-2-4-10-24/h2-22H,1H3. The fourth-order valence-electron chi connectivity index (χ4n) is 5.48. The van der Waals surface area contributed by atoms with Crippen LogP contribution in [-0.2, 0) is 0 Å². The summed E-state index contributed by atoms with van der Waals surface area (Å²) in [6, 6.07) is 36.7. The van der Waals surface area contributed by atoms with Gasteiger partial charge in [0.15, 0.2) is 0 Å². The monoisotopic (exact) mass is 532 g/mol. The maximum absolute atomic E-state index is 6.38. The van der Waals surface area contributed by atoms with Gasteiger partial charge in [0.2, 0.25) is 5.78 Å². The van der Waals surface area contributed by atoms with Gasteiger partial charge in [0.1, 0.15) is 17.3 Å². The highest BCUT2D eigenvalue weighted by molar-refractivity contribution is 5.93. The first-order valence-electron chi connectivity index (χ1n) is 13.4. The van der Waals surface area contributed by atoms with Gasteiger partial charge >= 0.3 is 0 Å². The molecule has 8 rings (SSSR count). The van der Waals surface area contributed by atoms with Crippen molar-refractivity contribution in [2.24, 2.45) is 0 Å². The van der Waals surface area contributed by atoms with E-state index in [0.29, 0.717) is 0 Å². The zero-order valence-corrected chi connectivity index (χ0v) is 22.2. The van der Waals surface area contributed by atoms with Crippen LogP contribution in [0.4, 0.5) is 0 Å². The Bertz CT molecular complexity index is 2190. The second kappa shape index (κ2) is 9.20. The van der Waals surface area contributed by atoms with Crippen LogP contribution in [0.1, 0.15) is 5.56 Å². The molecule has 8 aromatic rings. The maximum Gasteiger partial charge on any atom is 0.221 e. The summed E-state index contributed by atoms with van der Waals surface area (Å²) in [5.74, 6) is 3.04. The first-order chi connectivity index (χ1) is 20.2. The topological polar surface area (TPSA) is 62.2 Å². The van der Waals surface area contributed by atoms with Crippen molar-refractivity contribution in [1.29, 1.82) is 0 Å². The van der Waals surface area contributed by atoms with Crippen LogP contribution in [0.3, 0.4) is 0 Å². The highest BCUT2D eigenvalue weighted by Crippen LogP contribution is 2.34. The third-order valence-corrected chi connectivity index (χ3v) is 7.40. The average Bonchev–Trinajstić information content (AvgIpc) is 3.74. The van der Waals surface area contributed by atoms with E-state index in [-0.39, 0.29) is 0 Å². The fourth-order valence-corrected chi connectivity index (χ4v) is 5.48. The van der Waals surface area contributed by atoms with Crippen molar-refractivity contribution < 1.29 is 4.74 Å². The van der Waals surface area contributed by atoms with Crippen LogP contribution in [0.25, 0.3) is 50.5 Å². The molecule has 41 heavy (non-hydrogen) atoms. The fraction of sp³-hybridized carbons (Fsp3) is 0.0294. The molecule has 0 aliphatic rings. The van der Waals surface area contributed by atoms with E-state index in [1.54, 1.807) is 6.20 Å². The number of para-hydroxylation sites is 1. The number of aromatic nitrogens is 6. The quantitative estimate of drug-likeness (QED) is 0.227. The highest BCUT2D eigenvalue weighted by atomic mass is 16.5. The third kappa shape index (κ3) is 3.86. The Balaban J connectivity index is 1.32. The van der Waals surface area contributed by atoms with Crippen LogP contribution in [0, 0.1) is 6.92 Å². The van der Waals surface area contributed by atoms with Gasteiger partial charge in [-0.1, -0.05) is 48.5 Å². The van der Waals surface area contributed by atoms with Crippen molar-refractivity contribution in [2.75, 3.05) is 0 Å². The van der Waals surface area contributed by atoms with E-state index < -0.39 is 0 Å². The lowest BCUT2D eigenvalue weighted by Crippen LogP contribution is -1.99. The third-order valence-electron chi connectivity index (χ3n) is 7.40. The molecule has 0 radical (unpaired) electrons. The van der Waals surface area contributed by atoms with Crippen LogP contribution in [0.2, 0.25) is 0 Å². The molecule has 0 N–H and O–H groups in total. The lowest BCUT2D eigenvalue weighted by molar-refractivity contribution is 0.483. The summed E-state index contributed by atoms with van der Waals surface area (Å²) < 4.78 is 12.5. The molecule has 0 aliphatic heterocycles. The lowest BCUT2D eigenvalue weighted by Gasteiger charge is -2.10. The number of aryl methyl sites for hydroxylation is 1. The minimum Gasteiger partial charge on any atom is -0.457 e. The number of ether oxygens (including phenoxy) is 1. The Hall–Kier alpha value is -5.69. The number of hydrogen-bond acceptors (Lipinski definition) is 4. The number of benzene rings is 4. The van der Waals surface area contributed by atoms with Crippen LogP contribution in [0.5, 0.6) is 11.5 Å². The minimum absolute atomic E-state index is 0.719. The van der Waals surface area contributed by atoms with Gasteiger partial charge in [-0.15, -0.1) is 0 Å². The van der Waals surface area contributed by atoms with Crippen LogP contribution in [0.15, 0.2) is 128 Å². The van der Waals surface area contributed by atoms with Gasteiger partial charge in [-0.2, -0.15) is 5.10 Å². The Morgan fingerprint density at radius 1 is 0.659 bits per heavy atom. The van der Waals surface area contributed by atoms with Gasteiger partial charge in [-0.05, 0) is 72.1 Å². The molecule has 0 bridgehead atoms. The first kappa shape index (κ1) is 23.2. The van der Waals surface area contributed by atoms with Crippen LogP contribution >= 0.6 is 0 Å². The van der Waals surface area contributed by atoms with Crippen LogP contribution in [-0.4, -0.2) is 28.7 Å². The summed E-state index contributed by atoms with van der Waals surface area (Å²) in [6.07, 6.45) is 5.53. The minimum atomic E-state index is 0.719. The van der Waals surface area contributed by atoms with E-state index in [4.69, 9.17) is 14.7 Å². The zero-order valence-electron chi connectivity index (χ0n) is 22.2. The predicted molar refractivity (Wildman–Crippen MR) is 161 cm³/mol. The number of fused-ring (bicyclic) bond motifs is 5. The average molecular weight is 533 g/mol.